The maximum atomic E-state index is 12.2. The molecule has 0 aliphatic carbocycles. The number of hydrogen-bond donors (Lipinski definition) is 2. The molecule has 0 bridgehead atoms. The van der Waals surface area contributed by atoms with Gasteiger partial charge in [0.2, 0.25) is 5.91 Å². The van der Waals surface area contributed by atoms with Crippen LogP contribution in [0, 0.1) is 0 Å². The lowest BCUT2D eigenvalue weighted by Gasteiger charge is -2.36. The average molecular weight is 341 g/mol. The minimum Gasteiger partial charge on any atom is -0.388 e. The molecular formula is C17H25ClN2O3. The second kappa shape index (κ2) is 8.64. The predicted octanol–water partition coefficient (Wildman–Crippen LogP) is 1.99. The molecule has 0 saturated carbocycles. The molecule has 2 N–H and O–H groups in total. The number of amides is 1. The zero-order valence-electron chi connectivity index (χ0n) is 13.7. The molecule has 2 rings (SSSR count). The number of rotatable bonds is 6. The van der Waals surface area contributed by atoms with Gasteiger partial charge in [0.25, 0.3) is 0 Å². The summed E-state index contributed by atoms with van der Waals surface area (Å²) in [6, 6.07) is 7.14. The van der Waals surface area contributed by atoms with E-state index < -0.39 is 6.10 Å². The van der Waals surface area contributed by atoms with Crippen molar-refractivity contribution in [2.75, 3.05) is 26.3 Å². The molecule has 6 heteroatoms. The fraction of sp³-hybridized carbons (Fsp3) is 0.588. The Morgan fingerprint density at radius 3 is 2.52 bits per heavy atom. The van der Waals surface area contributed by atoms with Gasteiger partial charge in [-0.25, -0.2) is 0 Å². The maximum Gasteiger partial charge on any atom is 0.223 e. The first kappa shape index (κ1) is 18.2. The molecule has 0 spiro atoms. The first-order chi connectivity index (χ1) is 11.0. The molecule has 1 aliphatic heterocycles. The highest BCUT2D eigenvalue weighted by Crippen LogP contribution is 2.19. The van der Waals surface area contributed by atoms with Crippen molar-refractivity contribution in [3.05, 3.63) is 34.9 Å². The van der Waals surface area contributed by atoms with Crippen molar-refractivity contribution in [1.82, 2.24) is 10.2 Å². The van der Waals surface area contributed by atoms with Crippen LogP contribution in [0.15, 0.2) is 24.3 Å². The Balaban J connectivity index is 1.82. The third-order valence-corrected chi connectivity index (χ3v) is 4.62. The second-order valence-electron chi connectivity index (χ2n) is 6.02. The van der Waals surface area contributed by atoms with E-state index in [0.29, 0.717) is 10.6 Å². The zero-order chi connectivity index (χ0) is 16.8. The molecule has 1 aromatic rings. The number of aliphatic hydroxyl groups is 1. The van der Waals surface area contributed by atoms with Crippen LogP contribution in [0.1, 0.15) is 31.9 Å². The fourth-order valence-corrected chi connectivity index (χ4v) is 2.84. The molecular weight excluding hydrogens is 316 g/mol. The van der Waals surface area contributed by atoms with Crippen LogP contribution in [-0.2, 0) is 9.53 Å². The topological polar surface area (TPSA) is 61.8 Å². The van der Waals surface area contributed by atoms with Crippen molar-refractivity contribution in [2.24, 2.45) is 0 Å². The van der Waals surface area contributed by atoms with Crippen LogP contribution in [0.2, 0.25) is 5.02 Å². The van der Waals surface area contributed by atoms with Gasteiger partial charge in [-0.2, -0.15) is 0 Å². The van der Waals surface area contributed by atoms with Crippen LogP contribution in [0.5, 0.6) is 0 Å². The number of carbonyl (C=O) groups is 1. The first-order valence-corrected chi connectivity index (χ1v) is 8.40. The number of ether oxygens (including phenoxy) is 1. The molecule has 5 nitrogen and oxygen atoms in total. The summed E-state index contributed by atoms with van der Waals surface area (Å²) < 4.78 is 5.35. The Labute approximate surface area is 142 Å². The molecule has 128 valence electrons. The van der Waals surface area contributed by atoms with Gasteiger partial charge in [0.05, 0.1) is 25.7 Å². The summed E-state index contributed by atoms with van der Waals surface area (Å²) in [5.74, 6) is -0.153. The van der Waals surface area contributed by atoms with Crippen molar-refractivity contribution in [2.45, 2.75) is 38.5 Å². The number of aliphatic hydroxyl groups excluding tert-OH is 1. The number of nitrogens with zero attached hydrogens (tertiary/aromatic N) is 1. The zero-order valence-corrected chi connectivity index (χ0v) is 14.4. The molecule has 1 heterocycles. The molecule has 0 radical (unpaired) electrons. The van der Waals surface area contributed by atoms with Crippen LogP contribution in [0.4, 0.5) is 0 Å². The number of carbonyl (C=O) groups excluding carboxylic acids is 1. The van der Waals surface area contributed by atoms with Gasteiger partial charge in [-0.3, -0.25) is 9.69 Å². The van der Waals surface area contributed by atoms with E-state index in [1.807, 2.05) is 6.92 Å². The van der Waals surface area contributed by atoms with Crippen molar-refractivity contribution < 1.29 is 14.6 Å². The van der Waals surface area contributed by atoms with Crippen LogP contribution < -0.4 is 5.32 Å². The quantitative estimate of drug-likeness (QED) is 0.831. The minimum absolute atomic E-state index is 0.0121. The number of halogens is 1. The summed E-state index contributed by atoms with van der Waals surface area (Å²) in [5, 5.41) is 13.7. The third-order valence-electron chi connectivity index (χ3n) is 4.37. The minimum atomic E-state index is -0.821. The molecule has 3 unspecified atom stereocenters. The van der Waals surface area contributed by atoms with Gasteiger partial charge in [-0.05, 0) is 31.5 Å². The SMILES string of the molecule is CC(NC(=O)CC(O)c1ccc(Cl)cc1)C(C)N1CCOCC1. The van der Waals surface area contributed by atoms with Gasteiger partial charge in [-0.15, -0.1) is 0 Å². The first-order valence-electron chi connectivity index (χ1n) is 8.02. The van der Waals surface area contributed by atoms with E-state index in [0.717, 1.165) is 26.3 Å². The molecule has 0 aromatic heterocycles. The normalized spacial score (nSPS) is 19.8. The monoisotopic (exact) mass is 340 g/mol. The molecule has 1 aromatic carbocycles. The summed E-state index contributed by atoms with van der Waals surface area (Å²) in [5.41, 5.74) is 0.693. The van der Waals surface area contributed by atoms with Crippen molar-refractivity contribution in [3.8, 4) is 0 Å². The molecule has 1 fully saturated rings. The Hall–Kier alpha value is -1.14. The van der Waals surface area contributed by atoms with E-state index in [-0.39, 0.29) is 24.4 Å². The molecule has 1 saturated heterocycles. The van der Waals surface area contributed by atoms with Gasteiger partial charge in [0, 0.05) is 30.2 Å². The van der Waals surface area contributed by atoms with Crippen LogP contribution in [0.25, 0.3) is 0 Å². The number of benzene rings is 1. The van der Waals surface area contributed by atoms with E-state index in [1.165, 1.54) is 0 Å². The van der Waals surface area contributed by atoms with Crippen LogP contribution >= 0.6 is 11.6 Å². The van der Waals surface area contributed by atoms with Gasteiger partial charge >= 0.3 is 0 Å². The average Bonchev–Trinajstić information content (AvgIpc) is 2.55. The molecule has 1 amide bonds. The van der Waals surface area contributed by atoms with E-state index in [1.54, 1.807) is 24.3 Å². The Morgan fingerprint density at radius 1 is 1.30 bits per heavy atom. The lowest BCUT2D eigenvalue weighted by Crippen LogP contribution is -2.52. The Kier molecular flexibility index (Phi) is 6.84. The molecule has 3 atom stereocenters. The summed E-state index contributed by atoms with van der Waals surface area (Å²) in [6.07, 6.45) is -0.778. The smallest absolute Gasteiger partial charge is 0.223 e. The van der Waals surface area contributed by atoms with Crippen LogP contribution in [-0.4, -0.2) is 54.3 Å². The summed E-state index contributed by atoms with van der Waals surface area (Å²) in [7, 11) is 0. The highest BCUT2D eigenvalue weighted by atomic mass is 35.5. The van der Waals surface area contributed by atoms with Crippen LogP contribution in [0.3, 0.4) is 0 Å². The predicted molar refractivity (Wildman–Crippen MR) is 90.5 cm³/mol. The number of nitrogens with one attached hydrogen (secondary N) is 1. The molecule has 23 heavy (non-hydrogen) atoms. The van der Waals surface area contributed by atoms with Gasteiger partial charge in [0.15, 0.2) is 0 Å². The van der Waals surface area contributed by atoms with Crippen molar-refractivity contribution in [1.29, 1.82) is 0 Å². The third kappa shape index (κ3) is 5.46. The fourth-order valence-electron chi connectivity index (χ4n) is 2.71. The van der Waals surface area contributed by atoms with Crippen molar-refractivity contribution >= 4 is 17.5 Å². The van der Waals surface area contributed by atoms with E-state index in [2.05, 4.69) is 17.1 Å². The van der Waals surface area contributed by atoms with Crippen molar-refractivity contribution in [3.63, 3.8) is 0 Å². The van der Waals surface area contributed by atoms with Gasteiger partial charge in [0.1, 0.15) is 0 Å². The van der Waals surface area contributed by atoms with Gasteiger partial charge < -0.3 is 15.2 Å². The summed E-state index contributed by atoms with van der Waals surface area (Å²) in [6.45, 7) is 7.34. The molecule has 1 aliphatic rings. The Bertz CT molecular complexity index is 503. The summed E-state index contributed by atoms with van der Waals surface area (Å²) >= 11 is 5.83. The highest BCUT2D eigenvalue weighted by Gasteiger charge is 2.24. The van der Waals surface area contributed by atoms with E-state index in [4.69, 9.17) is 16.3 Å². The number of hydrogen-bond acceptors (Lipinski definition) is 4. The highest BCUT2D eigenvalue weighted by molar-refractivity contribution is 6.30. The van der Waals surface area contributed by atoms with E-state index in [9.17, 15) is 9.90 Å². The lowest BCUT2D eigenvalue weighted by atomic mass is 10.1. The van der Waals surface area contributed by atoms with E-state index >= 15 is 0 Å². The summed E-state index contributed by atoms with van der Waals surface area (Å²) in [4.78, 5) is 14.5. The van der Waals surface area contributed by atoms with Gasteiger partial charge in [-0.1, -0.05) is 23.7 Å². The lowest BCUT2D eigenvalue weighted by molar-refractivity contribution is -0.124. The Morgan fingerprint density at radius 2 is 1.91 bits per heavy atom. The number of morpholine rings is 1. The largest absolute Gasteiger partial charge is 0.388 e. The standard InChI is InChI=1S/C17H25ClN2O3/c1-12(13(2)20-7-9-23-10-8-20)19-17(22)11-16(21)14-3-5-15(18)6-4-14/h3-6,12-13,16,21H,7-11H2,1-2H3,(H,19,22). The maximum absolute atomic E-state index is 12.2. The second-order valence-corrected chi connectivity index (χ2v) is 6.45.